The van der Waals surface area contributed by atoms with E-state index >= 15 is 0 Å². The molecule has 1 aromatic carbocycles. The van der Waals surface area contributed by atoms with Gasteiger partial charge in [-0.2, -0.15) is 0 Å². The second-order valence-electron chi connectivity index (χ2n) is 3.29. The van der Waals surface area contributed by atoms with E-state index in [4.69, 9.17) is 18.0 Å². The van der Waals surface area contributed by atoms with Crippen LogP contribution in [-0.2, 0) is 0 Å². The molecule has 0 aliphatic heterocycles. The Morgan fingerprint density at radius 2 is 2.27 bits per heavy atom. The quantitative estimate of drug-likeness (QED) is 0.657. The lowest BCUT2D eigenvalue weighted by Gasteiger charge is -2.10. The average Bonchev–Trinajstić information content (AvgIpc) is 2.22. The van der Waals surface area contributed by atoms with E-state index in [0.29, 0.717) is 17.9 Å². The molecule has 0 saturated carbocycles. The van der Waals surface area contributed by atoms with Crippen LogP contribution in [0.4, 0.5) is 0 Å². The third-order valence-corrected chi connectivity index (χ3v) is 3.34. The molecule has 0 bridgehead atoms. The van der Waals surface area contributed by atoms with Crippen molar-refractivity contribution in [1.29, 1.82) is 0 Å². The normalized spacial score (nSPS) is 12.1. The van der Waals surface area contributed by atoms with Gasteiger partial charge >= 0.3 is 0 Å². The summed E-state index contributed by atoms with van der Waals surface area (Å²) in [6.07, 6.45) is 6.89. The molecule has 0 heterocycles. The van der Waals surface area contributed by atoms with Crippen molar-refractivity contribution in [3.63, 3.8) is 0 Å². The molecule has 80 valence electrons. The van der Waals surface area contributed by atoms with Gasteiger partial charge in [0, 0.05) is 10.9 Å². The Kier molecular flexibility index (Phi) is 5.17. The highest BCUT2D eigenvalue weighted by Gasteiger charge is 2.08. The van der Waals surface area contributed by atoms with Gasteiger partial charge in [0.2, 0.25) is 0 Å². The van der Waals surface area contributed by atoms with Crippen molar-refractivity contribution < 1.29 is 5.11 Å². The molecule has 0 radical (unpaired) electrons. The molecule has 0 amide bonds. The molecule has 1 N–H and O–H groups in total. The van der Waals surface area contributed by atoms with E-state index in [9.17, 15) is 5.11 Å². The van der Waals surface area contributed by atoms with Crippen molar-refractivity contribution in [2.75, 3.05) is 0 Å². The highest BCUT2D eigenvalue weighted by Crippen LogP contribution is 2.27. The topological polar surface area (TPSA) is 20.2 Å². The van der Waals surface area contributed by atoms with Crippen molar-refractivity contribution in [1.82, 2.24) is 0 Å². The Balaban J connectivity index is 2.62. The maximum absolute atomic E-state index is 9.83. The molecule has 1 rings (SSSR count). The largest absolute Gasteiger partial charge is 0.388 e. The molecule has 0 aromatic heterocycles. The maximum Gasteiger partial charge on any atom is 0.0790 e. The number of halogens is 2. The summed E-state index contributed by atoms with van der Waals surface area (Å²) in [6, 6.07) is 5.43. The zero-order valence-corrected chi connectivity index (χ0v) is 10.6. The Hall–Kier alpha value is -0.490. The third kappa shape index (κ3) is 3.87. The van der Waals surface area contributed by atoms with Crippen LogP contribution >= 0.6 is 27.5 Å². The summed E-state index contributed by atoms with van der Waals surface area (Å²) in [5.74, 6) is 2.55. The predicted octanol–water partition coefficient (Wildman–Crippen LogP) is 3.94. The lowest BCUT2D eigenvalue weighted by molar-refractivity contribution is 0.165. The summed E-state index contributed by atoms with van der Waals surface area (Å²) < 4.78 is 0.803. The summed E-state index contributed by atoms with van der Waals surface area (Å²) in [6.45, 7) is 0. The monoisotopic (exact) mass is 286 g/mol. The molecule has 0 aliphatic carbocycles. The van der Waals surface area contributed by atoms with E-state index in [1.807, 2.05) is 12.1 Å². The van der Waals surface area contributed by atoms with Gasteiger partial charge in [0.1, 0.15) is 0 Å². The fraction of sp³-hybridized carbons (Fsp3) is 0.333. The van der Waals surface area contributed by atoms with Crippen LogP contribution in [0.25, 0.3) is 0 Å². The molecule has 1 unspecified atom stereocenters. The standard InChI is InChI=1S/C12H12BrClO/c1-2-3-4-5-12(15)9-6-7-11(14)10(13)8-9/h1,6-8,12,15H,3-5H2. The van der Waals surface area contributed by atoms with Crippen LogP contribution in [0.3, 0.4) is 0 Å². The fourth-order valence-corrected chi connectivity index (χ4v) is 1.80. The summed E-state index contributed by atoms with van der Waals surface area (Å²) in [5, 5.41) is 10.5. The number of hydrogen-bond donors (Lipinski definition) is 1. The van der Waals surface area contributed by atoms with E-state index in [0.717, 1.165) is 16.5 Å². The van der Waals surface area contributed by atoms with Crippen molar-refractivity contribution >= 4 is 27.5 Å². The van der Waals surface area contributed by atoms with Gasteiger partial charge in [-0.15, -0.1) is 12.3 Å². The summed E-state index contributed by atoms with van der Waals surface area (Å²) in [5.41, 5.74) is 0.864. The van der Waals surface area contributed by atoms with Gasteiger partial charge in [-0.25, -0.2) is 0 Å². The highest BCUT2D eigenvalue weighted by molar-refractivity contribution is 9.10. The van der Waals surface area contributed by atoms with Gasteiger partial charge in [-0.3, -0.25) is 0 Å². The minimum absolute atomic E-state index is 0.466. The number of terminal acetylenes is 1. The third-order valence-electron chi connectivity index (χ3n) is 2.13. The van der Waals surface area contributed by atoms with Crippen LogP contribution in [-0.4, -0.2) is 5.11 Å². The number of unbranched alkanes of at least 4 members (excludes halogenated alkanes) is 1. The molecule has 1 nitrogen and oxygen atoms in total. The van der Waals surface area contributed by atoms with Crippen LogP contribution in [0.5, 0.6) is 0 Å². The molecular formula is C12H12BrClO. The first-order chi connectivity index (χ1) is 7.15. The van der Waals surface area contributed by atoms with E-state index in [1.54, 1.807) is 6.07 Å². The van der Waals surface area contributed by atoms with Crippen LogP contribution in [0.1, 0.15) is 30.9 Å². The Morgan fingerprint density at radius 1 is 1.53 bits per heavy atom. The second kappa shape index (κ2) is 6.17. The summed E-state index contributed by atoms with van der Waals surface area (Å²) in [7, 11) is 0. The fourth-order valence-electron chi connectivity index (χ4n) is 1.28. The number of aliphatic hydroxyl groups is 1. The summed E-state index contributed by atoms with van der Waals surface area (Å²) >= 11 is 9.18. The van der Waals surface area contributed by atoms with E-state index in [1.165, 1.54) is 0 Å². The van der Waals surface area contributed by atoms with Gasteiger partial charge in [0.25, 0.3) is 0 Å². The molecule has 0 aliphatic rings. The molecule has 0 saturated heterocycles. The van der Waals surface area contributed by atoms with Crippen LogP contribution in [0.2, 0.25) is 5.02 Å². The lowest BCUT2D eigenvalue weighted by atomic mass is 10.0. The molecule has 15 heavy (non-hydrogen) atoms. The highest BCUT2D eigenvalue weighted by atomic mass is 79.9. The van der Waals surface area contributed by atoms with Gasteiger partial charge < -0.3 is 5.11 Å². The number of hydrogen-bond acceptors (Lipinski definition) is 1. The lowest BCUT2D eigenvalue weighted by Crippen LogP contribution is -1.97. The molecular weight excluding hydrogens is 275 g/mol. The van der Waals surface area contributed by atoms with E-state index < -0.39 is 6.10 Å². The second-order valence-corrected chi connectivity index (χ2v) is 4.55. The molecule has 1 aromatic rings. The summed E-state index contributed by atoms with van der Waals surface area (Å²) in [4.78, 5) is 0. The number of aliphatic hydroxyl groups excluding tert-OH is 1. The van der Waals surface area contributed by atoms with Crippen molar-refractivity contribution in [3.8, 4) is 12.3 Å². The Morgan fingerprint density at radius 3 is 2.87 bits per heavy atom. The minimum Gasteiger partial charge on any atom is -0.388 e. The van der Waals surface area contributed by atoms with E-state index in [2.05, 4.69) is 21.9 Å². The van der Waals surface area contributed by atoms with Gasteiger partial charge in [0.15, 0.2) is 0 Å². The first-order valence-electron chi connectivity index (χ1n) is 4.71. The minimum atomic E-state index is -0.466. The van der Waals surface area contributed by atoms with Crippen molar-refractivity contribution in [3.05, 3.63) is 33.3 Å². The molecule has 3 heteroatoms. The van der Waals surface area contributed by atoms with Crippen molar-refractivity contribution in [2.24, 2.45) is 0 Å². The number of benzene rings is 1. The maximum atomic E-state index is 9.83. The zero-order valence-electron chi connectivity index (χ0n) is 8.21. The Labute approximate surface area is 104 Å². The van der Waals surface area contributed by atoms with Gasteiger partial charge in [-0.1, -0.05) is 17.7 Å². The molecule has 1 atom stereocenters. The van der Waals surface area contributed by atoms with Crippen LogP contribution < -0.4 is 0 Å². The Bertz CT molecular complexity index is 370. The van der Waals surface area contributed by atoms with Gasteiger partial charge in [-0.05, 0) is 46.5 Å². The average molecular weight is 288 g/mol. The molecule has 0 spiro atoms. The van der Waals surface area contributed by atoms with Crippen LogP contribution in [0.15, 0.2) is 22.7 Å². The first kappa shape index (κ1) is 12.6. The number of rotatable bonds is 4. The van der Waals surface area contributed by atoms with Crippen molar-refractivity contribution in [2.45, 2.75) is 25.4 Å². The van der Waals surface area contributed by atoms with E-state index in [-0.39, 0.29) is 0 Å². The SMILES string of the molecule is C#CCCCC(O)c1ccc(Cl)c(Br)c1. The zero-order chi connectivity index (χ0) is 11.3. The van der Waals surface area contributed by atoms with Gasteiger partial charge in [0.05, 0.1) is 11.1 Å². The predicted molar refractivity (Wildman–Crippen MR) is 66.8 cm³/mol. The molecule has 0 fully saturated rings. The smallest absolute Gasteiger partial charge is 0.0790 e. The van der Waals surface area contributed by atoms with Crippen LogP contribution in [0, 0.1) is 12.3 Å². The first-order valence-corrected chi connectivity index (χ1v) is 5.88.